The van der Waals surface area contributed by atoms with Crippen molar-refractivity contribution in [3.05, 3.63) is 48.0 Å². The van der Waals surface area contributed by atoms with Crippen molar-refractivity contribution in [3.8, 4) is 0 Å². The van der Waals surface area contributed by atoms with Gasteiger partial charge in [0.15, 0.2) is 5.78 Å². The van der Waals surface area contributed by atoms with Crippen LogP contribution in [0.5, 0.6) is 0 Å². The molecule has 1 aromatic rings. The minimum Gasteiger partial charge on any atom is -0.302 e. The quantitative estimate of drug-likeness (QED) is 0.427. The summed E-state index contributed by atoms with van der Waals surface area (Å²) in [6.45, 7) is 3.52. The van der Waals surface area contributed by atoms with Gasteiger partial charge in [-0.05, 0) is 19.9 Å². The van der Waals surface area contributed by atoms with Gasteiger partial charge in [-0.2, -0.15) is 0 Å². The zero-order chi connectivity index (χ0) is 11.3. The molecule has 0 aromatic heterocycles. The molecule has 0 radical (unpaired) electrons. The number of allylic oxidation sites excluding steroid dienone is 2. The van der Waals surface area contributed by atoms with E-state index in [1.54, 1.807) is 32.1 Å². The van der Waals surface area contributed by atoms with E-state index < -0.39 is 5.41 Å². The Labute approximate surface area is 89.6 Å². The first-order chi connectivity index (χ1) is 7.05. The predicted octanol–water partition coefficient (Wildman–Crippen LogP) is 2.65. The Morgan fingerprint density at radius 3 is 2.33 bits per heavy atom. The zero-order valence-corrected chi connectivity index (χ0v) is 8.94. The summed E-state index contributed by atoms with van der Waals surface area (Å²) in [6.07, 6.45) is 3.89. The van der Waals surface area contributed by atoms with Gasteiger partial charge in [-0.3, -0.25) is 4.79 Å². The Hall–Kier alpha value is -1.70. The minimum absolute atomic E-state index is 0.0782. The van der Waals surface area contributed by atoms with E-state index in [2.05, 4.69) is 0 Å². The molecular weight excluding hydrogens is 188 g/mol. The first-order valence-electron chi connectivity index (χ1n) is 4.80. The number of ketones is 1. The molecule has 0 atom stereocenters. The maximum Gasteiger partial charge on any atom is 0.185 e. The molecule has 0 bridgehead atoms. The highest BCUT2D eigenvalue weighted by atomic mass is 16.1. The molecule has 78 valence electrons. The first kappa shape index (κ1) is 11.4. The highest BCUT2D eigenvalue weighted by Gasteiger charge is 2.12. The Kier molecular flexibility index (Phi) is 3.56. The van der Waals surface area contributed by atoms with Crippen LogP contribution in [0.4, 0.5) is 0 Å². The van der Waals surface area contributed by atoms with Gasteiger partial charge >= 0.3 is 0 Å². The lowest BCUT2D eigenvalue weighted by Gasteiger charge is -2.08. The average Bonchev–Trinajstić information content (AvgIpc) is 2.27. The molecule has 0 spiro atoms. The third kappa shape index (κ3) is 3.50. The average molecular weight is 202 g/mol. The summed E-state index contributed by atoms with van der Waals surface area (Å²) in [6, 6.07) is 8.98. The number of hydrogen-bond acceptors (Lipinski definition) is 2. The molecule has 1 rings (SSSR count). The van der Waals surface area contributed by atoms with E-state index in [1.807, 2.05) is 18.2 Å². The van der Waals surface area contributed by atoms with Crippen LogP contribution < -0.4 is 0 Å². The van der Waals surface area contributed by atoms with E-state index in [0.717, 1.165) is 6.29 Å². The fourth-order valence-corrected chi connectivity index (χ4v) is 1.03. The van der Waals surface area contributed by atoms with Crippen molar-refractivity contribution in [1.82, 2.24) is 0 Å². The second-order valence-electron chi connectivity index (χ2n) is 4.00. The third-order valence-electron chi connectivity index (χ3n) is 2.03. The van der Waals surface area contributed by atoms with Crippen LogP contribution in [-0.2, 0) is 4.79 Å². The number of hydrogen-bond donors (Lipinski definition) is 0. The number of rotatable bonds is 4. The van der Waals surface area contributed by atoms with Gasteiger partial charge in [0.05, 0.1) is 0 Å². The zero-order valence-electron chi connectivity index (χ0n) is 8.94. The van der Waals surface area contributed by atoms with E-state index in [-0.39, 0.29) is 5.78 Å². The number of benzene rings is 1. The fourth-order valence-electron chi connectivity index (χ4n) is 1.03. The predicted molar refractivity (Wildman–Crippen MR) is 59.8 cm³/mol. The van der Waals surface area contributed by atoms with Crippen molar-refractivity contribution in [3.63, 3.8) is 0 Å². The molecule has 0 unspecified atom stereocenters. The number of carbonyl (C=O) groups excluding carboxylic acids is 2. The van der Waals surface area contributed by atoms with Gasteiger partial charge in [0.2, 0.25) is 0 Å². The molecule has 2 nitrogen and oxygen atoms in total. The topological polar surface area (TPSA) is 34.1 Å². The molecule has 0 saturated carbocycles. The monoisotopic (exact) mass is 202 g/mol. The van der Waals surface area contributed by atoms with Crippen LogP contribution in [0, 0.1) is 5.41 Å². The fraction of sp³-hybridized carbons (Fsp3) is 0.231. The van der Waals surface area contributed by atoms with Gasteiger partial charge in [-0.1, -0.05) is 36.4 Å². The first-order valence-corrected chi connectivity index (χ1v) is 4.80. The Bertz CT molecular complexity index is 375. The Morgan fingerprint density at radius 1 is 1.20 bits per heavy atom. The highest BCUT2D eigenvalue weighted by Crippen LogP contribution is 2.13. The molecule has 0 fully saturated rings. The molecule has 0 aliphatic heterocycles. The molecule has 1 aromatic carbocycles. The van der Waals surface area contributed by atoms with E-state index in [0.29, 0.717) is 5.56 Å². The molecule has 0 amide bonds. The molecular formula is C13H14O2. The normalized spacial score (nSPS) is 11.6. The van der Waals surface area contributed by atoms with Crippen molar-refractivity contribution in [1.29, 1.82) is 0 Å². The lowest BCUT2D eigenvalue weighted by Crippen LogP contribution is -2.09. The molecule has 0 heterocycles. The summed E-state index contributed by atoms with van der Waals surface area (Å²) in [5, 5.41) is 0. The summed E-state index contributed by atoms with van der Waals surface area (Å²) in [5.74, 6) is -0.0782. The van der Waals surface area contributed by atoms with Gasteiger partial charge < -0.3 is 4.79 Å². The van der Waals surface area contributed by atoms with Crippen LogP contribution >= 0.6 is 0 Å². The van der Waals surface area contributed by atoms with Crippen molar-refractivity contribution < 1.29 is 9.59 Å². The van der Waals surface area contributed by atoms with Gasteiger partial charge in [0, 0.05) is 11.0 Å². The highest BCUT2D eigenvalue weighted by molar-refractivity contribution is 6.04. The molecule has 2 heteroatoms. The van der Waals surface area contributed by atoms with Crippen molar-refractivity contribution in [2.45, 2.75) is 13.8 Å². The summed E-state index contributed by atoms with van der Waals surface area (Å²) < 4.78 is 0. The lowest BCUT2D eigenvalue weighted by atomic mass is 9.94. The van der Waals surface area contributed by atoms with E-state index >= 15 is 0 Å². The van der Waals surface area contributed by atoms with Gasteiger partial charge in [-0.25, -0.2) is 0 Å². The van der Waals surface area contributed by atoms with Crippen molar-refractivity contribution in [2.75, 3.05) is 0 Å². The Morgan fingerprint density at radius 2 is 1.80 bits per heavy atom. The van der Waals surface area contributed by atoms with E-state index in [9.17, 15) is 9.59 Å². The maximum absolute atomic E-state index is 11.6. The summed E-state index contributed by atoms with van der Waals surface area (Å²) in [7, 11) is 0. The van der Waals surface area contributed by atoms with Crippen LogP contribution in [0.2, 0.25) is 0 Å². The minimum atomic E-state index is -0.579. The second kappa shape index (κ2) is 4.69. The molecule has 15 heavy (non-hydrogen) atoms. The van der Waals surface area contributed by atoms with Gasteiger partial charge in [-0.15, -0.1) is 0 Å². The summed E-state index contributed by atoms with van der Waals surface area (Å²) >= 11 is 0. The standard InChI is InChI=1S/C13H14O2/c1-13(2,10-14)9-8-12(15)11-6-4-3-5-7-11/h3-10H,1-2H3/b9-8+. The van der Waals surface area contributed by atoms with E-state index in [1.165, 1.54) is 6.08 Å². The van der Waals surface area contributed by atoms with Crippen LogP contribution in [0.3, 0.4) is 0 Å². The SMILES string of the molecule is CC(C)(C=O)/C=C/C(=O)c1ccccc1. The van der Waals surface area contributed by atoms with Crippen LogP contribution in [0.25, 0.3) is 0 Å². The number of aldehydes is 1. The van der Waals surface area contributed by atoms with Crippen molar-refractivity contribution in [2.24, 2.45) is 5.41 Å². The maximum atomic E-state index is 11.6. The summed E-state index contributed by atoms with van der Waals surface area (Å²) in [5.41, 5.74) is 0.0557. The summed E-state index contributed by atoms with van der Waals surface area (Å²) in [4.78, 5) is 22.2. The van der Waals surface area contributed by atoms with Gasteiger partial charge in [0.1, 0.15) is 6.29 Å². The third-order valence-corrected chi connectivity index (χ3v) is 2.03. The molecule has 0 aliphatic rings. The van der Waals surface area contributed by atoms with Crippen LogP contribution in [0.1, 0.15) is 24.2 Å². The molecule has 0 N–H and O–H groups in total. The second-order valence-corrected chi connectivity index (χ2v) is 4.00. The van der Waals surface area contributed by atoms with Gasteiger partial charge in [0.25, 0.3) is 0 Å². The van der Waals surface area contributed by atoms with Crippen molar-refractivity contribution >= 4 is 12.1 Å². The lowest BCUT2D eigenvalue weighted by molar-refractivity contribution is -0.112. The Balaban J connectivity index is 2.77. The van der Waals surface area contributed by atoms with Crippen LogP contribution in [-0.4, -0.2) is 12.1 Å². The number of carbonyl (C=O) groups is 2. The molecule has 0 saturated heterocycles. The largest absolute Gasteiger partial charge is 0.302 e. The van der Waals surface area contributed by atoms with Crippen LogP contribution in [0.15, 0.2) is 42.5 Å². The smallest absolute Gasteiger partial charge is 0.185 e. The van der Waals surface area contributed by atoms with E-state index in [4.69, 9.17) is 0 Å². The molecule has 0 aliphatic carbocycles.